The highest BCUT2D eigenvalue weighted by Gasteiger charge is 2.05. The van der Waals surface area contributed by atoms with Crippen LogP contribution >= 0.6 is 0 Å². The van der Waals surface area contributed by atoms with E-state index >= 15 is 0 Å². The van der Waals surface area contributed by atoms with Crippen LogP contribution in [0.2, 0.25) is 0 Å². The largest absolute Gasteiger partial charge is 0.330 e. The topological polar surface area (TPSA) is 56.0 Å². The van der Waals surface area contributed by atoms with Crippen LogP contribution in [0.4, 0.5) is 4.39 Å². The summed E-state index contributed by atoms with van der Waals surface area (Å²) in [5.41, 5.74) is 0.567. The third-order valence-corrected chi connectivity index (χ3v) is 3.46. The maximum atomic E-state index is 13.4. The Morgan fingerprint density at radius 1 is 1.14 bits per heavy atom. The Bertz CT molecular complexity index is 749. The van der Waals surface area contributed by atoms with E-state index in [1.54, 1.807) is 25.2 Å². The van der Waals surface area contributed by atoms with Crippen molar-refractivity contribution in [1.82, 2.24) is 14.5 Å². The molecule has 0 unspecified atom stereocenters. The maximum absolute atomic E-state index is 13.4. The lowest BCUT2D eigenvalue weighted by Crippen LogP contribution is -2.39. The van der Waals surface area contributed by atoms with E-state index in [0.29, 0.717) is 30.8 Å². The first-order valence-corrected chi connectivity index (χ1v) is 6.70. The van der Waals surface area contributed by atoms with E-state index in [1.165, 1.54) is 23.7 Å². The quantitative estimate of drug-likeness (QED) is 0.819. The van der Waals surface area contributed by atoms with E-state index in [-0.39, 0.29) is 17.1 Å². The fourth-order valence-corrected chi connectivity index (χ4v) is 2.09. The minimum absolute atomic E-state index is 0.222. The van der Waals surface area contributed by atoms with Crippen molar-refractivity contribution in [1.29, 1.82) is 0 Å². The Morgan fingerprint density at radius 2 is 1.86 bits per heavy atom. The molecule has 2 aromatic rings. The third-order valence-electron chi connectivity index (χ3n) is 3.46. The van der Waals surface area contributed by atoms with Gasteiger partial charge in [-0.25, -0.2) is 9.18 Å². The number of nitrogens with one attached hydrogen (secondary N) is 1. The van der Waals surface area contributed by atoms with Gasteiger partial charge in [0.2, 0.25) is 0 Å². The summed E-state index contributed by atoms with van der Waals surface area (Å²) in [6.07, 6.45) is 0.547. The van der Waals surface area contributed by atoms with Gasteiger partial charge in [-0.05, 0) is 24.6 Å². The fraction of sp³-hybridized carbons (Fsp3) is 0.333. The molecule has 0 spiro atoms. The molecule has 0 amide bonds. The molecule has 0 saturated heterocycles. The summed E-state index contributed by atoms with van der Waals surface area (Å²) >= 11 is 0. The molecule has 0 aliphatic rings. The zero-order valence-electron chi connectivity index (χ0n) is 12.1. The Hall–Kier alpha value is -2.21. The predicted molar refractivity (Wildman–Crippen MR) is 78.7 cm³/mol. The van der Waals surface area contributed by atoms with Gasteiger partial charge in [0.15, 0.2) is 0 Å². The monoisotopic (exact) mass is 291 g/mol. The number of aromatic nitrogens is 2. The van der Waals surface area contributed by atoms with E-state index < -0.39 is 0 Å². The van der Waals surface area contributed by atoms with Crippen molar-refractivity contribution in [3.05, 3.63) is 68.2 Å². The van der Waals surface area contributed by atoms with Gasteiger partial charge in [0, 0.05) is 32.4 Å². The summed E-state index contributed by atoms with van der Waals surface area (Å²) in [7, 11) is 3.07. The molecule has 0 aliphatic heterocycles. The predicted octanol–water partition coefficient (Wildman–Crippen LogP) is 0.555. The van der Waals surface area contributed by atoms with Gasteiger partial charge >= 0.3 is 5.69 Å². The van der Waals surface area contributed by atoms with Gasteiger partial charge in [-0.2, -0.15) is 0 Å². The Morgan fingerprint density at radius 3 is 2.57 bits per heavy atom. The van der Waals surface area contributed by atoms with Crippen molar-refractivity contribution in [3.8, 4) is 0 Å². The minimum Gasteiger partial charge on any atom is -0.311 e. The normalized spacial score (nSPS) is 10.8. The molecule has 0 aliphatic carbocycles. The van der Waals surface area contributed by atoms with Gasteiger partial charge in [0.1, 0.15) is 5.82 Å². The molecule has 2 rings (SSSR count). The lowest BCUT2D eigenvalue weighted by molar-refractivity contribution is 0.582. The number of halogens is 1. The van der Waals surface area contributed by atoms with E-state index in [4.69, 9.17) is 0 Å². The summed E-state index contributed by atoms with van der Waals surface area (Å²) < 4.78 is 15.9. The molecule has 1 heterocycles. The lowest BCUT2D eigenvalue weighted by Gasteiger charge is -2.10. The Balaban J connectivity index is 1.97. The number of benzene rings is 1. The van der Waals surface area contributed by atoms with Gasteiger partial charge in [-0.1, -0.05) is 18.2 Å². The molecule has 0 fully saturated rings. The van der Waals surface area contributed by atoms with E-state index in [0.717, 1.165) is 4.57 Å². The average Bonchev–Trinajstić information content (AvgIpc) is 2.48. The van der Waals surface area contributed by atoms with Crippen LogP contribution in [0.5, 0.6) is 0 Å². The molecule has 0 atom stereocenters. The number of hydrogen-bond donors (Lipinski definition) is 1. The van der Waals surface area contributed by atoms with Gasteiger partial charge in [0.25, 0.3) is 5.56 Å². The van der Waals surface area contributed by atoms with Crippen LogP contribution in [-0.2, 0) is 27.1 Å². The zero-order chi connectivity index (χ0) is 15.4. The van der Waals surface area contributed by atoms with Crippen LogP contribution in [0, 0.1) is 5.82 Å². The molecule has 21 heavy (non-hydrogen) atoms. The highest BCUT2D eigenvalue weighted by atomic mass is 19.1. The van der Waals surface area contributed by atoms with E-state index in [9.17, 15) is 14.0 Å². The van der Waals surface area contributed by atoms with Crippen LogP contribution in [0.25, 0.3) is 0 Å². The Labute approximate surface area is 121 Å². The second-order valence-electron chi connectivity index (χ2n) is 4.89. The summed E-state index contributed by atoms with van der Waals surface area (Å²) in [5, 5.41) is 3.12. The fourth-order valence-electron chi connectivity index (χ4n) is 2.09. The molecule has 1 N–H and O–H groups in total. The molecule has 0 radical (unpaired) electrons. The first-order valence-electron chi connectivity index (χ1n) is 6.70. The van der Waals surface area contributed by atoms with Crippen LogP contribution in [0.1, 0.15) is 11.3 Å². The van der Waals surface area contributed by atoms with E-state index in [2.05, 4.69) is 5.32 Å². The number of rotatable bonds is 5. The molecule has 5 nitrogen and oxygen atoms in total. The van der Waals surface area contributed by atoms with Gasteiger partial charge in [0.05, 0.1) is 0 Å². The van der Waals surface area contributed by atoms with Crippen molar-refractivity contribution < 1.29 is 4.39 Å². The highest BCUT2D eigenvalue weighted by Crippen LogP contribution is 2.06. The SMILES string of the molecule is Cn1c(CNCCc2ccccc2F)cc(=O)n(C)c1=O. The molecular weight excluding hydrogens is 273 g/mol. The molecule has 6 heteroatoms. The molecule has 0 bridgehead atoms. The van der Waals surface area contributed by atoms with Crippen LogP contribution in [-0.4, -0.2) is 15.7 Å². The Kier molecular flexibility index (Phi) is 4.70. The van der Waals surface area contributed by atoms with Crippen molar-refractivity contribution in [2.24, 2.45) is 14.1 Å². The molecule has 1 aromatic heterocycles. The summed E-state index contributed by atoms with van der Waals surface area (Å²) in [6.45, 7) is 0.945. The maximum Gasteiger partial charge on any atom is 0.330 e. The number of hydrogen-bond acceptors (Lipinski definition) is 3. The van der Waals surface area contributed by atoms with Crippen LogP contribution in [0.15, 0.2) is 39.9 Å². The van der Waals surface area contributed by atoms with Gasteiger partial charge < -0.3 is 5.32 Å². The standard InChI is InChI=1S/C15H18FN3O2/c1-18-12(9-14(20)19(2)15(18)21)10-17-8-7-11-5-3-4-6-13(11)16/h3-6,9,17H,7-8,10H2,1-2H3. The van der Waals surface area contributed by atoms with Gasteiger partial charge in [-0.15, -0.1) is 0 Å². The lowest BCUT2D eigenvalue weighted by atomic mass is 10.1. The van der Waals surface area contributed by atoms with Gasteiger partial charge in [-0.3, -0.25) is 13.9 Å². The molecular formula is C15H18FN3O2. The van der Waals surface area contributed by atoms with E-state index in [1.807, 2.05) is 0 Å². The van der Waals surface area contributed by atoms with Crippen molar-refractivity contribution in [2.45, 2.75) is 13.0 Å². The summed E-state index contributed by atoms with van der Waals surface area (Å²) in [6, 6.07) is 8.05. The van der Waals surface area contributed by atoms with Crippen molar-refractivity contribution in [3.63, 3.8) is 0 Å². The van der Waals surface area contributed by atoms with Crippen molar-refractivity contribution in [2.75, 3.05) is 6.54 Å². The molecule has 1 aromatic carbocycles. The highest BCUT2D eigenvalue weighted by molar-refractivity contribution is 5.17. The van der Waals surface area contributed by atoms with Crippen LogP contribution < -0.4 is 16.6 Å². The minimum atomic E-state index is -0.353. The van der Waals surface area contributed by atoms with Crippen LogP contribution in [0.3, 0.4) is 0 Å². The zero-order valence-corrected chi connectivity index (χ0v) is 12.1. The first-order chi connectivity index (χ1) is 10.0. The second-order valence-corrected chi connectivity index (χ2v) is 4.89. The average molecular weight is 291 g/mol. The smallest absolute Gasteiger partial charge is 0.311 e. The molecule has 112 valence electrons. The third kappa shape index (κ3) is 3.46. The first kappa shape index (κ1) is 15.2. The summed E-state index contributed by atoms with van der Waals surface area (Å²) in [4.78, 5) is 23.3. The summed E-state index contributed by atoms with van der Waals surface area (Å²) in [5.74, 6) is -0.222. The number of nitrogens with zero attached hydrogens (tertiary/aromatic N) is 2. The van der Waals surface area contributed by atoms with Crippen molar-refractivity contribution >= 4 is 0 Å². The molecule has 0 saturated carbocycles. The second kappa shape index (κ2) is 6.49.